The summed E-state index contributed by atoms with van der Waals surface area (Å²) in [6, 6.07) is 9.15. The summed E-state index contributed by atoms with van der Waals surface area (Å²) < 4.78 is 5.43. The predicted molar refractivity (Wildman–Crippen MR) is 103 cm³/mol. The Morgan fingerprint density at radius 3 is 2.48 bits per heavy atom. The van der Waals surface area contributed by atoms with Crippen LogP contribution in [0, 0.1) is 0 Å². The maximum Gasteiger partial charge on any atom is 0.149 e. The second kappa shape index (κ2) is 11.1. The molecular formula is C19H29NO6S. The first kappa shape index (κ1) is 22.3. The molecule has 152 valence electrons. The van der Waals surface area contributed by atoms with Gasteiger partial charge in [0.1, 0.15) is 35.6 Å². The first-order chi connectivity index (χ1) is 12.9. The molecular weight excluding hydrogens is 370 g/mol. The topological polar surface area (TPSA) is 133 Å². The van der Waals surface area contributed by atoms with Crippen LogP contribution in [0.3, 0.4) is 0 Å². The third-order valence-electron chi connectivity index (χ3n) is 4.66. The summed E-state index contributed by atoms with van der Waals surface area (Å²) >= 11 is 1.30. The van der Waals surface area contributed by atoms with Gasteiger partial charge in [0.25, 0.3) is 0 Å². The average molecular weight is 400 g/mol. The molecule has 1 saturated heterocycles. The quantitative estimate of drug-likeness (QED) is 0.343. The lowest BCUT2D eigenvalue weighted by molar-refractivity contribution is -0.205. The van der Waals surface area contributed by atoms with Crippen molar-refractivity contribution >= 4 is 17.5 Å². The lowest BCUT2D eigenvalue weighted by Crippen LogP contribution is -2.57. The summed E-state index contributed by atoms with van der Waals surface area (Å²) in [5.41, 5.74) is 6.29. The Bertz CT molecular complexity index is 573. The van der Waals surface area contributed by atoms with Gasteiger partial charge >= 0.3 is 0 Å². The van der Waals surface area contributed by atoms with Gasteiger partial charge < -0.3 is 30.9 Å². The molecule has 0 amide bonds. The molecule has 7 nitrogen and oxygen atoms in total. The number of thioether (sulfide) groups is 1. The molecule has 1 aromatic rings. The lowest BCUT2D eigenvalue weighted by Gasteiger charge is -2.39. The Morgan fingerprint density at radius 1 is 1.11 bits per heavy atom. The van der Waals surface area contributed by atoms with E-state index in [9.17, 15) is 25.2 Å². The Labute approximate surface area is 163 Å². The fourth-order valence-electron chi connectivity index (χ4n) is 2.97. The number of aliphatic hydroxyl groups is 4. The third kappa shape index (κ3) is 6.53. The van der Waals surface area contributed by atoms with Gasteiger partial charge in [-0.3, -0.25) is 4.79 Å². The number of Topliss-reactive ketones (excluding diaryl/α,β-unsaturated/α-hetero) is 1. The number of hydrogen-bond donors (Lipinski definition) is 5. The number of aliphatic hydroxyl groups excluding tert-OH is 4. The van der Waals surface area contributed by atoms with Crippen molar-refractivity contribution in [2.45, 2.75) is 61.6 Å². The van der Waals surface area contributed by atoms with Gasteiger partial charge in [0, 0.05) is 6.42 Å². The highest BCUT2D eigenvalue weighted by Crippen LogP contribution is 2.29. The fraction of sp³-hybridized carbons (Fsp3) is 0.632. The molecule has 1 aliphatic heterocycles. The highest BCUT2D eigenvalue weighted by Gasteiger charge is 2.43. The number of unbranched alkanes of at least 4 members (excludes halogenated alkanes) is 1. The van der Waals surface area contributed by atoms with E-state index in [0.717, 1.165) is 12.0 Å². The van der Waals surface area contributed by atoms with E-state index >= 15 is 0 Å². The third-order valence-corrected chi connectivity index (χ3v) is 5.90. The molecule has 0 spiro atoms. The Hall–Kier alpha value is -1.00. The molecule has 0 bridgehead atoms. The molecule has 1 aromatic carbocycles. The van der Waals surface area contributed by atoms with Crippen molar-refractivity contribution in [3.05, 3.63) is 35.9 Å². The number of carbonyl (C=O) groups excluding carboxylic acids is 1. The largest absolute Gasteiger partial charge is 0.394 e. The van der Waals surface area contributed by atoms with Gasteiger partial charge in [-0.15, -0.1) is 11.8 Å². The summed E-state index contributed by atoms with van der Waals surface area (Å²) in [6.07, 6.45) is -2.50. The van der Waals surface area contributed by atoms with E-state index in [0.29, 0.717) is 25.0 Å². The molecule has 1 aliphatic rings. The summed E-state index contributed by atoms with van der Waals surface area (Å²) in [5.74, 6) is 0.640. The van der Waals surface area contributed by atoms with Crippen LogP contribution in [0.15, 0.2) is 30.3 Å². The monoisotopic (exact) mass is 399 g/mol. The van der Waals surface area contributed by atoms with Crippen molar-refractivity contribution in [1.29, 1.82) is 0 Å². The van der Waals surface area contributed by atoms with Gasteiger partial charge in [0.15, 0.2) is 0 Å². The number of ether oxygens (including phenoxy) is 1. The van der Waals surface area contributed by atoms with Gasteiger partial charge in [-0.1, -0.05) is 30.3 Å². The number of carbonyl (C=O) groups is 1. The molecule has 8 heteroatoms. The molecule has 1 heterocycles. The molecule has 5 unspecified atom stereocenters. The van der Waals surface area contributed by atoms with Gasteiger partial charge in [0.2, 0.25) is 0 Å². The number of hydrogen-bond acceptors (Lipinski definition) is 8. The van der Waals surface area contributed by atoms with Crippen molar-refractivity contribution < 1.29 is 30.0 Å². The van der Waals surface area contributed by atoms with Crippen LogP contribution in [0.4, 0.5) is 0 Å². The standard InChI is InChI=1S/C19H29NO6S/c20-13(10-12-6-2-1-3-7-12)14(22)8-4-5-9-27-19-18(25)17(24)16(23)15(11-21)26-19/h1-3,6-7,13,15-19,21,23-25H,4-5,8-11,20H2/t13-,15?,16?,17?,18?,19?/m1/s1. The minimum atomic E-state index is -1.36. The van der Waals surface area contributed by atoms with E-state index in [1.54, 1.807) is 0 Å². The van der Waals surface area contributed by atoms with Gasteiger partial charge in [0.05, 0.1) is 12.6 Å². The van der Waals surface area contributed by atoms with E-state index in [-0.39, 0.29) is 5.78 Å². The second-order valence-electron chi connectivity index (χ2n) is 6.79. The van der Waals surface area contributed by atoms with Crippen molar-refractivity contribution in [2.24, 2.45) is 5.73 Å². The van der Waals surface area contributed by atoms with Crippen LogP contribution >= 0.6 is 11.8 Å². The average Bonchev–Trinajstić information content (AvgIpc) is 2.68. The highest BCUT2D eigenvalue weighted by atomic mass is 32.2. The van der Waals surface area contributed by atoms with Crippen LogP contribution in [0.25, 0.3) is 0 Å². The van der Waals surface area contributed by atoms with Gasteiger partial charge in [-0.05, 0) is 30.6 Å². The number of ketones is 1. The van der Waals surface area contributed by atoms with Crippen LogP contribution < -0.4 is 5.73 Å². The fourth-order valence-corrected chi connectivity index (χ4v) is 4.16. The maximum absolute atomic E-state index is 12.1. The molecule has 2 rings (SSSR count). The van der Waals surface area contributed by atoms with Crippen molar-refractivity contribution in [1.82, 2.24) is 0 Å². The molecule has 0 radical (unpaired) electrons. The van der Waals surface area contributed by atoms with Crippen molar-refractivity contribution in [3.63, 3.8) is 0 Å². The van der Waals surface area contributed by atoms with Crippen LogP contribution in [-0.4, -0.2) is 74.5 Å². The smallest absolute Gasteiger partial charge is 0.149 e. The van der Waals surface area contributed by atoms with Gasteiger partial charge in [-0.2, -0.15) is 0 Å². The van der Waals surface area contributed by atoms with Crippen LogP contribution in [0.2, 0.25) is 0 Å². The van der Waals surface area contributed by atoms with Crippen molar-refractivity contribution in [2.75, 3.05) is 12.4 Å². The molecule has 6 N–H and O–H groups in total. The zero-order valence-corrected chi connectivity index (χ0v) is 16.0. The van der Waals surface area contributed by atoms with E-state index in [2.05, 4.69) is 0 Å². The van der Waals surface area contributed by atoms with E-state index in [4.69, 9.17) is 10.5 Å². The van der Waals surface area contributed by atoms with Crippen molar-refractivity contribution in [3.8, 4) is 0 Å². The van der Waals surface area contributed by atoms with E-state index in [1.807, 2.05) is 30.3 Å². The lowest BCUT2D eigenvalue weighted by atomic mass is 10.0. The minimum Gasteiger partial charge on any atom is -0.394 e. The maximum atomic E-state index is 12.1. The summed E-state index contributed by atoms with van der Waals surface area (Å²) in [5, 5.41) is 38.7. The molecule has 0 saturated carbocycles. The molecule has 6 atom stereocenters. The zero-order chi connectivity index (χ0) is 19.8. The SMILES string of the molecule is N[C@H](Cc1ccccc1)C(=O)CCCCSC1OC(CO)C(O)C(O)C1O. The number of nitrogens with two attached hydrogens (primary N) is 1. The van der Waals surface area contributed by atoms with Crippen LogP contribution in [0.1, 0.15) is 24.8 Å². The van der Waals surface area contributed by atoms with Crippen LogP contribution in [0.5, 0.6) is 0 Å². The summed E-state index contributed by atoms with van der Waals surface area (Å²) in [7, 11) is 0. The molecule has 1 fully saturated rings. The Balaban J connectivity index is 1.65. The Kier molecular flexibility index (Phi) is 9.17. The van der Waals surface area contributed by atoms with E-state index < -0.39 is 42.5 Å². The summed E-state index contributed by atoms with van der Waals surface area (Å²) in [4.78, 5) is 12.1. The summed E-state index contributed by atoms with van der Waals surface area (Å²) in [6.45, 7) is -0.435. The molecule has 0 aliphatic carbocycles. The Morgan fingerprint density at radius 2 is 1.81 bits per heavy atom. The zero-order valence-electron chi connectivity index (χ0n) is 15.2. The number of rotatable bonds is 10. The minimum absolute atomic E-state index is 0.0247. The van der Waals surface area contributed by atoms with Gasteiger partial charge in [-0.25, -0.2) is 0 Å². The van der Waals surface area contributed by atoms with E-state index in [1.165, 1.54) is 11.8 Å². The van der Waals surface area contributed by atoms with Crippen LogP contribution in [-0.2, 0) is 16.0 Å². The molecule has 0 aromatic heterocycles. The number of benzene rings is 1. The normalized spacial score (nSPS) is 29.4. The first-order valence-corrected chi connectivity index (χ1v) is 10.2. The highest BCUT2D eigenvalue weighted by molar-refractivity contribution is 7.99. The predicted octanol–water partition coefficient (Wildman–Crippen LogP) is -0.171. The molecule has 27 heavy (non-hydrogen) atoms. The first-order valence-electron chi connectivity index (χ1n) is 9.18. The second-order valence-corrected chi connectivity index (χ2v) is 7.99.